The van der Waals surface area contributed by atoms with Gasteiger partial charge in [0.2, 0.25) is 0 Å². The summed E-state index contributed by atoms with van der Waals surface area (Å²) < 4.78 is 1.79. The zero-order valence-corrected chi connectivity index (χ0v) is 14.3. The first kappa shape index (κ1) is 16.7. The van der Waals surface area contributed by atoms with E-state index in [1.54, 1.807) is 15.9 Å². The molecule has 0 radical (unpaired) electrons. The Balaban J connectivity index is 2.15. The number of carbonyl (C=O) groups excluding carboxylic acids is 1. The van der Waals surface area contributed by atoms with Crippen molar-refractivity contribution in [3.63, 3.8) is 0 Å². The molecule has 2 aromatic heterocycles. The zero-order chi connectivity index (χ0) is 16.3. The van der Waals surface area contributed by atoms with Gasteiger partial charge in [-0.1, -0.05) is 13.8 Å². The van der Waals surface area contributed by atoms with E-state index in [0.29, 0.717) is 11.6 Å². The summed E-state index contributed by atoms with van der Waals surface area (Å²) in [7, 11) is 1.84. The van der Waals surface area contributed by atoms with Gasteiger partial charge in [-0.2, -0.15) is 0 Å². The average molecular weight is 321 g/mol. The molecule has 0 spiro atoms. The second-order valence-electron chi connectivity index (χ2n) is 5.96. The number of hydrogen-bond donors (Lipinski definition) is 2. The van der Waals surface area contributed by atoms with E-state index < -0.39 is 0 Å². The van der Waals surface area contributed by atoms with Crippen molar-refractivity contribution >= 4 is 17.2 Å². The van der Waals surface area contributed by atoms with Gasteiger partial charge in [0.1, 0.15) is 5.69 Å². The molecule has 0 aliphatic carbocycles. The van der Waals surface area contributed by atoms with E-state index in [0.717, 1.165) is 22.7 Å². The molecule has 2 rings (SSSR count). The number of aromatic nitrogens is 2. The highest BCUT2D eigenvalue weighted by Crippen LogP contribution is 2.23. The fourth-order valence-corrected chi connectivity index (χ4v) is 3.06. The van der Waals surface area contributed by atoms with Gasteiger partial charge in [0.25, 0.3) is 5.91 Å². The molecule has 0 aliphatic heterocycles. The quantitative estimate of drug-likeness (QED) is 0.859. The van der Waals surface area contributed by atoms with E-state index >= 15 is 0 Å². The maximum atomic E-state index is 12.4. The van der Waals surface area contributed by atoms with Crippen LogP contribution < -0.4 is 5.32 Å². The predicted octanol–water partition coefficient (Wildman–Crippen LogP) is 2.59. The zero-order valence-electron chi connectivity index (χ0n) is 13.5. The van der Waals surface area contributed by atoms with Crippen LogP contribution in [0.15, 0.2) is 17.6 Å². The van der Waals surface area contributed by atoms with Crippen LogP contribution in [0.4, 0.5) is 0 Å². The maximum absolute atomic E-state index is 12.4. The van der Waals surface area contributed by atoms with Crippen molar-refractivity contribution in [1.82, 2.24) is 14.9 Å². The van der Waals surface area contributed by atoms with Crippen LogP contribution in [0.25, 0.3) is 11.3 Å². The van der Waals surface area contributed by atoms with Crippen LogP contribution in [-0.4, -0.2) is 33.2 Å². The Labute approximate surface area is 135 Å². The Bertz CT molecular complexity index is 646. The van der Waals surface area contributed by atoms with Crippen LogP contribution >= 0.6 is 11.3 Å². The first-order valence-electron chi connectivity index (χ1n) is 7.41. The molecule has 0 aliphatic rings. The lowest BCUT2D eigenvalue weighted by Crippen LogP contribution is -2.39. The summed E-state index contributed by atoms with van der Waals surface area (Å²) in [5.41, 5.74) is 2.39. The van der Waals surface area contributed by atoms with Gasteiger partial charge in [-0.05, 0) is 25.3 Å². The molecule has 5 nitrogen and oxygen atoms in total. The molecular formula is C16H23N3O2S. The molecule has 6 heteroatoms. The number of aliphatic hydroxyl groups is 1. The van der Waals surface area contributed by atoms with Crippen molar-refractivity contribution in [3.8, 4) is 11.3 Å². The molecule has 1 amide bonds. The highest BCUT2D eigenvalue weighted by atomic mass is 32.1. The number of amides is 1. The molecule has 120 valence electrons. The second-order valence-corrected chi connectivity index (χ2v) is 7.02. The van der Waals surface area contributed by atoms with Gasteiger partial charge in [-0.25, -0.2) is 4.98 Å². The SMILES string of the molecule is Cc1nc(-c2cc(C(=O)NC(CO)CC(C)C)n(C)c2)cs1. The molecule has 2 N–H and O–H groups in total. The molecule has 0 fully saturated rings. The molecule has 0 bridgehead atoms. The average Bonchev–Trinajstić information content (AvgIpc) is 3.03. The molecular weight excluding hydrogens is 298 g/mol. The van der Waals surface area contributed by atoms with E-state index in [1.807, 2.05) is 31.6 Å². The minimum absolute atomic E-state index is 0.0491. The number of hydrogen-bond acceptors (Lipinski definition) is 4. The Kier molecular flexibility index (Phi) is 5.37. The summed E-state index contributed by atoms with van der Waals surface area (Å²) in [6, 6.07) is 1.63. The third kappa shape index (κ3) is 3.96. The van der Waals surface area contributed by atoms with Crippen LogP contribution in [0, 0.1) is 12.8 Å². The fraction of sp³-hybridized carbons (Fsp3) is 0.500. The third-order valence-electron chi connectivity index (χ3n) is 3.46. The van der Waals surface area contributed by atoms with E-state index in [2.05, 4.69) is 24.1 Å². The number of nitrogens with one attached hydrogen (secondary N) is 1. The lowest BCUT2D eigenvalue weighted by molar-refractivity contribution is 0.0900. The van der Waals surface area contributed by atoms with E-state index in [-0.39, 0.29) is 18.6 Å². The lowest BCUT2D eigenvalue weighted by atomic mass is 10.0. The fourth-order valence-electron chi connectivity index (χ4n) is 2.43. The van der Waals surface area contributed by atoms with Crippen LogP contribution in [-0.2, 0) is 7.05 Å². The number of nitrogens with zero attached hydrogens (tertiary/aromatic N) is 2. The van der Waals surface area contributed by atoms with Crippen LogP contribution in [0.1, 0.15) is 35.8 Å². The molecule has 0 aromatic carbocycles. The number of aliphatic hydroxyl groups excluding tert-OH is 1. The van der Waals surface area contributed by atoms with Crippen molar-refractivity contribution in [1.29, 1.82) is 0 Å². The largest absolute Gasteiger partial charge is 0.394 e. The van der Waals surface area contributed by atoms with E-state index in [9.17, 15) is 9.90 Å². The summed E-state index contributed by atoms with van der Waals surface area (Å²) in [4.78, 5) is 16.8. The van der Waals surface area contributed by atoms with Gasteiger partial charge >= 0.3 is 0 Å². The van der Waals surface area contributed by atoms with Gasteiger partial charge in [0.05, 0.1) is 23.4 Å². The summed E-state index contributed by atoms with van der Waals surface area (Å²) in [6.45, 7) is 6.05. The minimum atomic E-state index is -0.215. The first-order valence-corrected chi connectivity index (χ1v) is 8.29. The van der Waals surface area contributed by atoms with Gasteiger partial charge in [0.15, 0.2) is 0 Å². The standard InChI is InChI=1S/C16H23N3O2S/c1-10(2)5-13(8-20)18-16(21)15-6-12(7-19(15)4)14-9-22-11(3)17-14/h6-7,9-10,13,20H,5,8H2,1-4H3,(H,18,21). The Hall–Kier alpha value is -1.66. The number of thiazole rings is 1. The van der Waals surface area contributed by atoms with E-state index in [4.69, 9.17) is 0 Å². The van der Waals surface area contributed by atoms with Gasteiger partial charge in [-0.15, -0.1) is 11.3 Å². The van der Waals surface area contributed by atoms with Crippen LogP contribution in [0.5, 0.6) is 0 Å². The molecule has 22 heavy (non-hydrogen) atoms. The van der Waals surface area contributed by atoms with E-state index in [1.165, 1.54) is 0 Å². The smallest absolute Gasteiger partial charge is 0.268 e. The number of aryl methyl sites for hydroxylation is 2. The van der Waals surface area contributed by atoms with Gasteiger partial charge in [0, 0.05) is 24.2 Å². The predicted molar refractivity (Wildman–Crippen MR) is 89.1 cm³/mol. The van der Waals surface area contributed by atoms with Gasteiger partial charge in [-0.3, -0.25) is 4.79 Å². The number of carbonyl (C=O) groups is 1. The topological polar surface area (TPSA) is 67.2 Å². The molecule has 2 aromatic rings. The summed E-state index contributed by atoms with van der Waals surface area (Å²) in [6.07, 6.45) is 2.66. The number of rotatable bonds is 6. The highest BCUT2D eigenvalue weighted by Gasteiger charge is 2.18. The van der Waals surface area contributed by atoms with Crippen molar-refractivity contribution < 1.29 is 9.90 Å². The molecule has 0 saturated heterocycles. The summed E-state index contributed by atoms with van der Waals surface area (Å²) >= 11 is 1.59. The highest BCUT2D eigenvalue weighted by molar-refractivity contribution is 7.09. The monoisotopic (exact) mass is 321 g/mol. The first-order chi connectivity index (χ1) is 10.4. The normalized spacial score (nSPS) is 12.6. The molecule has 0 saturated carbocycles. The lowest BCUT2D eigenvalue weighted by Gasteiger charge is -2.18. The summed E-state index contributed by atoms with van der Waals surface area (Å²) in [5.74, 6) is 0.250. The van der Waals surface area contributed by atoms with Crippen molar-refractivity contribution in [2.75, 3.05) is 6.61 Å². The van der Waals surface area contributed by atoms with Crippen molar-refractivity contribution in [3.05, 3.63) is 28.3 Å². The van der Waals surface area contributed by atoms with Gasteiger partial charge < -0.3 is 15.0 Å². The second kappa shape index (κ2) is 7.07. The molecule has 2 heterocycles. The Morgan fingerprint density at radius 1 is 1.50 bits per heavy atom. The third-order valence-corrected chi connectivity index (χ3v) is 4.24. The van der Waals surface area contributed by atoms with Crippen LogP contribution in [0.2, 0.25) is 0 Å². The Morgan fingerprint density at radius 2 is 2.23 bits per heavy atom. The Morgan fingerprint density at radius 3 is 2.77 bits per heavy atom. The van der Waals surface area contributed by atoms with Crippen molar-refractivity contribution in [2.45, 2.75) is 33.2 Å². The molecule has 1 unspecified atom stereocenters. The molecule has 1 atom stereocenters. The summed E-state index contributed by atoms with van der Waals surface area (Å²) in [5, 5.41) is 15.3. The minimum Gasteiger partial charge on any atom is -0.394 e. The van der Waals surface area contributed by atoms with Crippen molar-refractivity contribution in [2.24, 2.45) is 13.0 Å². The maximum Gasteiger partial charge on any atom is 0.268 e. The van der Waals surface area contributed by atoms with Crippen LogP contribution in [0.3, 0.4) is 0 Å².